The van der Waals surface area contributed by atoms with Gasteiger partial charge in [-0.2, -0.15) is 5.10 Å². The van der Waals surface area contributed by atoms with Crippen molar-refractivity contribution in [3.05, 3.63) is 77.6 Å². The molecule has 27 heavy (non-hydrogen) atoms. The van der Waals surface area contributed by atoms with Crippen molar-refractivity contribution in [1.29, 1.82) is 0 Å². The second-order valence-corrected chi connectivity index (χ2v) is 8.88. The lowest BCUT2D eigenvalue weighted by Gasteiger charge is -2.09. The Bertz CT molecular complexity index is 992. The fraction of sp³-hybridized carbons (Fsp3) is 0.286. The van der Waals surface area contributed by atoms with Gasteiger partial charge in [0.1, 0.15) is 0 Å². The third kappa shape index (κ3) is 4.84. The third-order valence-corrected chi connectivity index (χ3v) is 5.64. The van der Waals surface area contributed by atoms with E-state index in [1.54, 1.807) is 24.3 Å². The number of aromatic nitrogens is 2. The van der Waals surface area contributed by atoms with E-state index in [4.69, 9.17) is 0 Å². The summed E-state index contributed by atoms with van der Waals surface area (Å²) >= 11 is 0. The summed E-state index contributed by atoms with van der Waals surface area (Å²) < 4.78 is 29.6. The predicted molar refractivity (Wildman–Crippen MR) is 107 cm³/mol. The molecule has 0 spiro atoms. The number of hydrogen-bond acceptors (Lipinski definition) is 3. The molecule has 3 aromatic rings. The largest absolute Gasteiger partial charge is 0.240 e. The van der Waals surface area contributed by atoms with E-state index in [-0.39, 0.29) is 11.4 Å². The Hall–Kier alpha value is -2.44. The van der Waals surface area contributed by atoms with Crippen molar-refractivity contribution in [1.82, 2.24) is 14.5 Å². The van der Waals surface area contributed by atoms with E-state index in [0.717, 1.165) is 23.4 Å². The topological polar surface area (TPSA) is 64.0 Å². The number of sulfonamides is 1. The molecule has 1 aromatic heterocycles. The van der Waals surface area contributed by atoms with Crippen LogP contribution in [0, 0.1) is 12.8 Å². The SMILES string of the molecule is Cc1ccc(S(=O)(=O)NCc2cc(CC(C)C)n(-c3ccccc3)n2)cc1. The average molecular weight is 384 g/mol. The zero-order valence-corrected chi connectivity index (χ0v) is 16.7. The van der Waals surface area contributed by atoms with Crippen LogP contribution in [-0.2, 0) is 23.0 Å². The van der Waals surface area contributed by atoms with E-state index in [1.165, 1.54) is 0 Å². The molecule has 0 aliphatic rings. The van der Waals surface area contributed by atoms with Crippen LogP contribution in [-0.4, -0.2) is 18.2 Å². The maximum Gasteiger partial charge on any atom is 0.240 e. The van der Waals surface area contributed by atoms with Crippen LogP contribution in [0.2, 0.25) is 0 Å². The van der Waals surface area contributed by atoms with Gasteiger partial charge < -0.3 is 0 Å². The highest BCUT2D eigenvalue weighted by molar-refractivity contribution is 7.89. The van der Waals surface area contributed by atoms with Crippen molar-refractivity contribution >= 4 is 10.0 Å². The smallest absolute Gasteiger partial charge is 0.238 e. The van der Waals surface area contributed by atoms with E-state index in [1.807, 2.05) is 48.0 Å². The molecule has 0 bridgehead atoms. The molecule has 0 aliphatic carbocycles. The Morgan fingerprint density at radius 1 is 1.04 bits per heavy atom. The Kier molecular flexibility index (Phi) is 5.77. The normalized spacial score (nSPS) is 11.9. The minimum Gasteiger partial charge on any atom is -0.238 e. The van der Waals surface area contributed by atoms with Crippen molar-refractivity contribution in [3.8, 4) is 5.69 Å². The maximum absolute atomic E-state index is 12.5. The van der Waals surface area contributed by atoms with E-state index in [2.05, 4.69) is 23.7 Å². The fourth-order valence-electron chi connectivity index (χ4n) is 2.89. The molecule has 6 heteroatoms. The van der Waals surface area contributed by atoms with Crippen molar-refractivity contribution in [2.75, 3.05) is 0 Å². The lowest BCUT2D eigenvalue weighted by molar-refractivity contribution is 0.580. The molecule has 0 saturated heterocycles. The number of hydrogen-bond donors (Lipinski definition) is 1. The summed E-state index contributed by atoms with van der Waals surface area (Å²) in [7, 11) is -3.57. The van der Waals surface area contributed by atoms with Crippen LogP contribution in [0.3, 0.4) is 0 Å². The lowest BCUT2D eigenvalue weighted by Crippen LogP contribution is -2.23. The molecule has 0 saturated carbocycles. The van der Waals surface area contributed by atoms with Gasteiger partial charge >= 0.3 is 0 Å². The van der Waals surface area contributed by atoms with Gasteiger partial charge in [0.25, 0.3) is 0 Å². The van der Waals surface area contributed by atoms with Gasteiger partial charge in [-0.3, -0.25) is 0 Å². The van der Waals surface area contributed by atoms with Crippen molar-refractivity contribution in [2.24, 2.45) is 5.92 Å². The first-order valence-electron chi connectivity index (χ1n) is 9.05. The minimum atomic E-state index is -3.57. The van der Waals surface area contributed by atoms with Gasteiger partial charge in [-0.25, -0.2) is 17.8 Å². The summed E-state index contributed by atoms with van der Waals surface area (Å²) in [5.41, 5.74) is 3.76. The molecule has 0 fully saturated rings. The van der Waals surface area contributed by atoms with Gasteiger partial charge in [0, 0.05) is 5.69 Å². The number of nitrogens with one attached hydrogen (secondary N) is 1. The monoisotopic (exact) mass is 383 g/mol. The van der Waals surface area contributed by atoms with Crippen molar-refractivity contribution < 1.29 is 8.42 Å². The summed E-state index contributed by atoms with van der Waals surface area (Å²) in [5.74, 6) is 0.473. The first-order valence-corrected chi connectivity index (χ1v) is 10.5. The number of aryl methyl sites for hydroxylation is 1. The fourth-order valence-corrected chi connectivity index (χ4v) is 3.89. The molecule has 1 N–H and O–H groups in total. The molecule has 0 atom stereocenters. The number of nitrogens with zero attached hydrogens (tertiary/aromatic N) is 2. The van der Waals surface area contributed by atoms with Crippen molar-refractivity contribution in [2.45, 2.75) is 38.6 Å². The van der Waals surface area contributed by atoms with Crippen LogP contribution < -0.4 is 4.72 Å². The summed E-state index contributed by atoms with van der Waals surface area (Å²) in [6.07, 6.45) is 0.868. The van der Waals surface area contributed by atoms with E-state index >= 15 is 0 Å². The standard InChI is InChI=1S/C21H25N3O2S/c1-16(2)13-20-14-18(23-24(20)19-7-5-4-6-8-19)15-22-27(25,26)21-11-9-17(3)10-12-21/h4-12,14,16,22H,13,15H2,1-3H3. The van der Waals surface area contributed by atoms with Crippen LogP contribution in [0.4, 0.5) is 0 Å². The molecule has 0 radical (unpaired) electrons. The summed E-state index contributed by atoms with van der Waals surface area (Å²) in [6.45, 7) is 6.39. The van der Waals surface area contributed by atoms with Crippen LogP contribution in [0.25, 0.3) is 5.69 Å². The number of rotatable bonds is 7. The highest BCUT2D eigenvalue weighted by atomic mass is 32.2. The molecule has 3 rings (SSSR count). The summed E-state index contributed by atoms with van der Waals surface area (Å²) in [6, 6.07) is 18.7. The Morgan fingerprint density at radius 3 is 2.33 bits per heavy atom. The van der Waals surface area contributed by atoms with Crippen LogP contribution >= 0.6 is 0 Å². The van der Waals surface area contributed by atoms with Crippen LogP contribution in [0.15, 0.2) is 65.6 Å². The predicted octanol–water partition coefficient (Wildman–Crippen LogP) is 3.86. The molecule has 0 amide bonds. The van der Waals surface area contributed by atoms with E-state index < -0.39 is 10.0 Å². The zero-order valence-electron chi connectivity index (χ0n) is 15.9. The first-order chi connectivity index (χ1) is 12.8. The van der Waals surface area contributed by atoms with Crippen LogP contribution in [0.1, 0.15) is 30.8 Å². The second kappa shape index (κ2) is 8.06. The summed E-state index contributed by atoms with van der Waals surface area (Å²) in [5, 5.41) is 4.63. The maximum atomic E-state index is 12.5. The Balaban J connectivity index is 1.83. The van der Waals surface area contributed by atoms with Gasteiger partial charge in [0.15, 0.2) is 0 Å². The molecular formula is C21H25N3O2S. The highest BCUT2D eigenvalue weighted by Crippen LogP contribution is 2.17. The molecule has 1 heterocycles. The summed E-state index contributed by atoms with van der Waals surface area (Å²) in [4.78, 5) is 0.262. The minimum absolute atomic E-state index is 0.154. The molecular weight excluding hydrogens is 358 g/mol. The van der Waals surface area contributed by atoms with Gasteiger partial charge in [-0.05, 0) is 49.6 Å². The lowest BCUT2D eigenvalue weighted by atomic mass is 10.1. The molecule has 0 unspecified atom stereocenters. The number of benzene rings is 2. The Morgan fingerprint density at radius 2 is 1.70 bits per heavy atom. The third-order valence-electron chi connectivity index (χ3n) is 4.23. The highest BCUT2D eigenvalue weighted by Gasteiger charge is 2.16. The molecule has 5 nitrogen and oxygen atoms in total. The quantitative estimate of drug-likeness (QED) is 0.674. The second-order valence-electron chi connectivity index (χ2n) is 7.11. The molecule has 0 aliphatic heterocycles. The first kappa shape index (κ1) is 19.3. The van der Waals surface area contributed by atoms with E-state index in [9.17, 15) is 8.42 Å². The zero-order chi connectivity index (χ0) is 19.4. The van der Waals surface area contributed by atoms with Crippen LogP contribution in [0.5, 0.6) is 0 Å². The molecule has 2 aromatic carbocycles. The van der Waals surface area contributed by atoms with Gasteiger partial charge in [-0.1, -0.05) is 49.7 Å². The number of para-hydroxylation sites is 1. The average Bonchev–Trinajstić information content (AvgIpc) is 3.03. The van der Waals surface area contributed by atoms with Gasteiger partial charge in [0.05, 0.1) is 22.8 Å². The van der Waals surface area contributed by atoms with Gasteiger partial charge in [-0.15, -0.1) is 0 Å². The van der Waals surface area contributed by atoms with Crippen molar-refractivity contribution in [3.63, 3.8) is 0 Å². The van der Waals surface area contributed by atoms with E-state index in [0.29, 0.717) is 11.6 Å². The van der Waals surface area contributed by atoms with Gasteiger partial charge in [0.2, 0.25) is 10.0 Å². The molecule has 142 valence electrons. The Labute approximate surface area is 161 Å².